The fourth-order valence-electron chi connectivity index (χ4n) is 1.79. The second kappa shape index (κ2) is 7.65. The van der Waals surface area contributed by atoms with Crippen LogP contribution in [0.4, 0.5) is 22.0 Å². The van der Waals surface area contributed by atoms with E-state index in [1.165, 1.54) is 19.1 Å². The molecule has 0 spiro atoms. The van der Waals surface area contributed by atoms with Crippen molar-refractivity contribution in [2.24, 2.45) is 5.92 Å². The second-order valence-corrected chi connectivity index (χ2v) is 5.51. The van der Waals surface area contributed by atoms with Gasteiger partial charge in [-0.2, -0.15) is 22.0 Å². The van der Waals surface area contributed by atoms with Gasteiger partial charge in [-0.15, -0.1) is 0 Å². The number of esters is 1. The summed E-state index contributed by atoms with van der Waals surface area (Å²) >= 11 is 11.4. The third kappa shape index (κ3) is 4.57. The van der Waals surface area contributed by atoms with E-state index < -0.39 is 36.2 Å². The molecule has 0 radical (unpaired) electrons. The van der Waals surface area contributed by atoms with Gasteiger partial charge in [-0.05, 0) is 31.0 Å². The molecule has 0 aromatic heterocycles. The highest BCUT2D eigenvalue weighted by atomic mass is 35.5. The molecule has 0 heterocycles. The molecule has 0 aliphatic rings. The van der Waals surface area contributed by atoms with Gasteiger partial charge in [0.2, 0.25) is 5.78 Å². The van der Waals surface area contributed by atoms with Crippen molar-refractivity contribution in [3.63, 3.8) is 0 Å². The SMILES string of the molecule is CCOC(=O)C(Cc1ccc(Cl)c(Cl)c1)C(=O)C(F)(F)C(F)(F)F. The Bertz CT molecular complexity index is 631. The zero-order valence-electron chi connectivity index (χ0n) is 12.1. The Balaban J connectivity index is 3.19. The summed E-state index contributed by atoms with van der Waals surface area (Å²) < 4.78 is 68.2. The molecule has 1 aromatic rings. The van der Waals surface area contributed by atoms with Crippen LogP contribution in [0.15, 0.2) is 18.2 Å². The van der Waals surface area contributed by atoms with E-state index in [1.54, 1.807) is 0 Å². The summed E-state index contributed by atoms with van der Waals surface area (Å²) in [7, 11) is 0. The number of hydrogen-bond donors (Lipinski definition) is 0. The van der Waals surface area contributed by atoms with Crippen molar-refractivity contribution in [1.29, 1.82) is 0 Å². The van der Waals surface area contributed by atoms with Crippen LogP contribution in [0, 0.1) is 5.92 Å². The monoisotopic (exact) mass is 392 g/mol. The molecule has 1 aromatic carbocycles. The van der Waals surface area contributed by atoms with Crippen LogP contribution in [0.25, 0.3) is 0 Å². The van der Waals surface area contributed by atoms with Gasteiger partial charge in [-0.1, -0.05) is 29.3 Å². The van der Waals surface area contributed by atoms with E-state index in [4.69, 9.17) is 23.2 Å². The van der Waals surface area contributed by atoms with Crippen molar-refractivity contribution in [1.82, 2.24) is 0 Å². The summed E-state index contributed by atoms with van der Waals surface area (Å²) in [6.45, 7) is 1.03. The van der Waals surface area contributed by atoms with E-state index in [2.05, 4.69) is 4.74 Å². The Morgan fingerprint density at radius 1 is 1.12 bits per heavy atom. The molecule has 3 nitrogen and oxygen atoms in total. The van der Waals surface area contributed by atoms with Gasteiger partial charge in [-0.25, -0.2) is 0 Å². The topological polar surface area (TPSA) is 43.4 Å². The lowest BCUT2D eigenvalue weighted by Gasteiger charge is -2.23. The first-order valence-corrected chi connectivity index (χ1v) is 7.26. The Morgan fingerprint density at radius 3 is 2.17 bits per heavy atom. The molecule has 0 N–H and O–H groups in total. The lowest BCUT2D eigenvalue weighted by molar-refractivity contribution is -0.270. The lowest BCUT2D eigenvalue weighted by Crippen LogP contribution is -2.49. The van der Waals surface area contributed by atoms with Gasteiger partial charge in [0.05, 0.1) is 16.7 Å². The summed E-state index contributed by atoms with van der Waals surface area (Å²) in [4.78, 5) is 23.4. The van der Waals surface area contributed by atoms with Crippen LogP contribution < -0.4 is 0 Å². The van der Waals surface area contributed by atoms with Crippen LogP contribution in [0.3, 0.4) is 0 Å². The summed E-state index contributed by atoms with van der Waals surface area (Å²) in [6, 6.07) is 3.67. The fraction of sp³-hybridized carbons (Fsp3) is 0.429. The quantitative estimate of drug-likeness (QED) is 0.407. The molecule has 0 amide bonds. The molecular formula is C14H11Cl2F5O3. The van der Waals surface area contributed by atoms with Crippen LogP contribution in [0.1, 0.15) is 12.5 Å². The molecule has 0 aliphatic heterocycles. The fourth-order valence-corrected chi connectivity index (χ4v) is 2.11. The van der Waals surface area contributed by atoms with E-state index in [-0.39, 0.29) is 22.2 Å². The maximum absolute atomic E-state index is 13.3. The van der Waals surface area contributed by atoms with E-state index in [1.807, 2.05) is 0 Å². The molecule has 0 bridgehead atoms. The molecule has 1 unspecified atom stereocenters. The van der Waals surface area contributed by atoms with Gasteiger partial charge in [0.25, 0.3) is 0 Å². The Labute approximate surface area is 143 Å². The van der Waals surface area contributed by atoms with Crippen LogP contribution in [0.2, 0.25) is 10.0 Å². The molecule has 1 rings (SSSR count). The van der Waals surface area contributed by atoms with Crippen LogP contribution >= 0.6 is 23.2 Å². The van der Waals surface area contributed by atoms with Crippen molar-refractivity contribution < 1.29 is 36.3 Å². The van der Waals surface area contributed by atoms with Gasteiger partial charge in [0.1, 0.15) is 5.92 Å². The van der Waals surface area contributed by atoms with Crippen LogP contribution in [0.5, 0.6) is 0 Å². The maximum Gasteiger partial charge on any atom is 0.461 e. The first-order valence-electron chi connectivity index (χ1n) is 6.51. The molecule has 0 saturated heterocycles. The number of carbonyl (C=O) groups excluding carboxylic acids is 2. The molecule has 24 heavy (non-hydrogen) atoms. The number of hydrogen-bond acceptors (Lipinski definition) is 3. The van der Waals surface area contributed by atoms with Crippen molar-refractivity contribution in [3.8, 4) is 0 Å². The molecule has 1 atom stereocenters. The molecule has 10 heteroatoms. The van der Waals surface area contributed by atoms with Crippen molar-refractivity contribution in [2.75, 3.05) is 6.61 Å². The number of rotatable bonds is 6. The third-order valence-electron chi connectivity index (χ3n) is 2.98. The second-order valence-electron chi connectivity index (χ2n) is 4.69. The highest BCUT2D eigenvalue weighted by Crippen LogP contribution is 2.39. The first-order chi connectivity index (χ1) is 10.9. The molecule has 0 fully saturated rings. The average molecular weight is 393 g/mol. The van der Waals surface area contributed by atoms with Gasteiger partial charge < -0.3 is 4.74 Å². The minimum Gasteiger partial charge on any atom is -0.465 e. The van der Waals surface area contributed by atoms with E-state index >= 15 is 0 Å². The number of ether oxygens (including phenoxy) is 1. The van der Waals surface area contributed by atoms with E-state index in [9.17, 15) is 31.5 Å². The van der Waals surface area contributed by atoms with Crippen LogP contribution in [-0.4, -0.2) is 30.5 Å². The smallest absolute Gasteiger partial charge is 0.461 e. The zero-order valence-corrected chi connectivity index (χ0v) is 13.6. The summed E-state index contributed by atoms with van der Waals surface area (Å²) in [5.41, 5.74) is 0.0776. The minimum atomic E-state index is -6.12. The third-order valence-corrected chi connectivity index (χ3v) is 3.72. The maximum atomic E-state index is 13.3. The normalized spacial score (nSPS) is 13.5. The van der Waals surface area contributed by atoms with Gasteiger partial charge in [0, 0.05) is 0 Å². The van der Waals surface area contributed by atoms with Crippen molar-refractivity contribution in [3.05, 3.63) is 33.8 Å². The highest BCUT2D eigenvalue weighted by Gasteiger charge is 2.65. The first kappa shape index (κ1) is 20.6. The Morgan fingerprint density at radius 2 is 1.71 bits per heavy atom. The number of halogens is 7. The Kier molecular flexibility index (Phi) is 6.58. The predicted octanol–water partition coefficient (Wildman–Crippen LogP) is 4.48. The average Bonchev–Trinajstić information content (AvgIpc) is 2.46. The number of ketones is 1. The number of alkyl halides is 5. The van der Waals surface area contributed by atoms with Gasteiger partial charge >= 0.3 is 18.1 Å². The van der Waals surface area contributed by atoms with E-state index in [0.717, 1.165) is 6.07 Å². The lowest BCUT2D eigenvalue weighted by atomic mass is 9.91. The summed E-state index contributed by atoms with van der Waals surface area (Å²) in [5.74, 6) is -12.1. The van der Waals surface area contributed by atoms with Crippen LogP contribution in [-0.2, 0) is 20.7 Å². The zero-order chi connectivity index (χ0) is 18.7. The largest absolute Gasteiger partial charge is 0.465 e. The van der Waals surface area contributed by atoms with Gasteiger partial charge in [-0.3, -0.25) is 9.59 Å². The highest BCUT2D eigenvalue weighted by molar-refractivity contribution is 6.42. The van der Waals surface area contributed by atoms with E-state index in [0.29, 0.717) is 0 Å². The summed E-state index contributed by atoms with van der Waals surface area (Å²) in [5, 5.41) is 0.104. The minimum absolute atomic E-state index is 0.00759. The molecule has 134 valence electrons. The molecule has 0 saturated carbocycles. The van der Waals surface area contributed by atoms with Crippen molar-refractivity contribution >= 4 is 35.0 Å². The predicted molar refractivity (Wildman–Crippen MR) is 76.3 cm³/mol. The Hall–Kier alpha value is -1.41. The molecule has 0 aliphatic carbocycles. The van der Waals surface area contributed by atoms with Crippen molar-refractivity contribution in [2.45, 2.75) is 25.4 Å². The van der Waals surface area contributed by atoms with Gasteiger partial charge in [0.15, 0.2) is 0 Å². The molecular weight excluding hydrogens is 382 g/mol. The number of Topliss-reactive ketones (excluding diaryl/α,β-unsaturated/α-hetero) is 1. The standard InChI is InChI=1S/C14H11Cl2F5O3/c1-2-24-12(23)8(11(22)13(17,18)14(19,20)21)5-7-3-4-9(15)10(16)6-7/h3-4,6,8H,2,5H2,1H3. The number of carbonyl (C=O) groups is 2. The summed E-state index contributed by atoms with van der Waals surface area (Å²) in [6.07, 6.45) is -6.85. The number of benzene rings is 1.